The van der Waals surface area contributed by atoms with E-state index < -0.39 is 11.7 Å². The highest BCUT2D eigenvalue weighted by atomic mass is 16.6. The van der Waals surface area contributed by atoms with Crippen molar-refractivity contribution >= 4 is 23.7 Å². The normalized spacial score (nSPS) is 11.5. The number of benzene rings is 1. The van der Waals surface area contributed by atoms with Crippen LogP contribution in [0.3, 0.4) is 0 Å². The summed E-state index contributed by atoms with van der Waals surface area (Å²) >= 11 is 0. The van der Waals surface area contributed by atoms with Crippen molar-refractivity contribution < 1.29 is 19.1 Å². The molecule has 8 nitrogen and oxygen atoms in total. The number of anilines is 1. The van der Waals surface area contributed by atoms with Crippen molar-refractivity contribution in [2.45, 2.75) is 46.1 Å². The fourth-order valence-corrected chi connectivity index (χ4v) is 2.20. The molecular formula is C20H32N4O4. The minimum absolute atomic E-state index is 0.249. The Bertz CT molecular complexity index is 651. The largest absolute Gasteiger partial charge is 0.469 e. The topological polar surface area (TPSA) is 101 Å². The fourth-order valence-electron chi connectivity index (χ4n) is 2.20. The van der Waals surface area contributed by atoms with Crippen LogP contribution in [0.1, 0.15) is 39.7 Å². The van der Waals surface area contributed by atoms with Crippen LogP contribution in [0.2, 0.25) is 0 Å². The first kappa shape index (κ1) is 23.3. The summed E-state index contributed by atoms with van der Waals surface area (Å²) in [7, 11) is 1.36. The van der Waals surface area contributed by atoms with E-state index in [1.807, 2.05) is 52.0 Å². The fraction of sp³-hybridized carbons (Fsp3) is 0.550. The monoisotopic (exact) mass is 392 g/mol. The van der Waals surface area contributed by atoms with E-state index in [9.17, 15) is 9.59 Å². The van der Waals surface area contributed by atoms with Crippen LogP contribution in [0.25, 0.3) is 0 Å². The predicted octanol–water partition coefficient (Wildman–Crippen LogP) is 2.69. The van der Waals surface area contributed by atoms with Crippen LogP contribution in [0.4, 0.5) is 10.5 Å². The molecule has 0 aliphatic rings. The molecule has 0 heterocycles. The molecule has 1 aromatic carbocycles. The lowest BCUT2D eigenvalue weighted by Crippen LogP contribution is -2.38. The number of carbonyl (C=O) groups is 2. The minimum atomic E-state index is -0.529. The molecule has 0 atom stereocenters. The van der Waals surface area contributed by atoms with Crippen LogP contribution >= 0.6 is 0 Å². The van der Waals surface area contributed by atoms with E-state index in [0.717, 1.165) is 18.5 Å². The van der Waals surface area contributed by atoms with Gasteiger partial charge in [0.05, 0.1) is 20.1 Å². The molecule has 1 aromatic rings. The molecule has 0 saturated heterocycles. The minimum Gasteiger partial charge on any atom is -0.469 e. The summed E-state index contributed by atoms with van der Waals surface area (Å²) in [6.07, 6.45) is 0.563. The molecule has 0 aliphatic carbocycles. The van der Waals surface area contributed by atoms with Gasteiger partial charge in [-0.05, 0) is 51.8 Å². The van der Waals surface area contributed by atoms with Crippen molar-refractivity contribution in [3.63, 3.8) is 0 Å². The molecule has 0 aliphatic heterocycles. The summed E-state index contributed by atoms with van der Waals surface area (Å²) in [5.74, 6) is 0.384. The van der Waals surface area contributed by atoms with Gasteiger partial charge in [0.1, 0.15) is 5.60 Å². The molecule has 8 heteroatoms. The van der Waals surface area contributed by atoms with Crippen molar-refractivity contribution in [3.8, 4) is 0 Å². The molecule has 0 spiro atoms. The summed E-state index contributed by atoms with van der Waals surface area (Å²) in [4.78, 5) is 27.3. The molecular weight excluding hydrogens is 360 g/mol. The van der Waals surface area contributed by atoms with E-state index in [1.54, 1.807) is 0 Å². The Hall–Kier alpha value is -2.77. The van der Waals surface area contributed by atoms with E-state index in [1.165, 1.54) is 7.11 Å². The van der Waals surface area contributed by atoms with Gasteiger partial charge < -0.3 is 20.1 Å². The van der Waals surface area contributed by atoms with Crippen molar-refractivity contribution in [2.24, 2.45) is 4.99 Å². The summed E-state index contributed by atoms with van der Waals surface area (Å²) in [6, 6.07) is 7.59. The van der Waals surface area contributed by atoms with Crippen molar-refractivity contribution in [2.75, 3.05) is 32.1 Å². The number of guanidine groups is 1. The second kappa shape index (κ2) is 11.8. The number of carbonyl (C=O) groups excluding carboxylic acids is 2. The third kappa shape index (κ3) is 10.4. The van der Waals surface area contributed by atoms with Crippen molar-refractivity contribution in [1.82, 2.24) is 10.6 Å². The van der Waals surface area contributed by atoms with Gasteiger partial charge in [-0.2, -0.15) is 0 Å². The predicted molar refractivity (Wildman–Crippen MR) is 111 cm³/mol. The number of rotatable bonds is 8. The third-order valence-corrected chi connectivity index (χ3v) is 3.46. The SMILES string of the molecule is CCNC(=NCCC(=O)OC)NCCc1ccc(NC(=O)OC(C)(C)C)cc1. The van der Waals surface area contributed by atoms with Gasteiger partial charge in [-0.1, -0.05) is 12.1 Å². The zero-order chi connectivity index (χ0) is 21.0. The smallest absolute Gasteiger partial charge is 0.412 e. The zero-order valence-electron chi connectivity index (χ0n) is 17.4. The standard InChI is InChI=1S/C20H32N4O4/c1-6-21-18(23-14-12-17(25)27-5)22-13-11-15-7-9-16(10-8-15)24-19(26)28-20(2,3)4/h7-10H,6,11-14H2,1-5H3,(H,24,26)(H2,21,22,23). The molecule has 1 amide bonds. The average Bonchev–Trinajstić information content (AvgIpc) is 2.61. The van der Waals surface area contributed by atoms with E-state index in [-0.39, 0.29) is 12.4 Å². The number of aliphatic imine (C=N–C) groups is 1. The Morgan fingerprint density at radius 3 is 2.36 bits per heavy atom. The van der Waals surface area contributed by atoms with Crippen LogP contribution in [-0.4, -0.2) is 50.4 Å². The molecule has 0 radical (unpaired) electrons. The summed E-state index contributed by atoms with van der Waals surface area (Å²) in [6.45, 7) is 9.23. The Kier molecular flexibility index (Phi) is 9.84. The van der Waals surface area contributed by atoms with E-state index in [4.69, 9.17) is 4.74 Å². The number of nitrogens with one attached hydrogen (secondary N) is 3. The lowest BCUT2D eigenvalue weighted by molar-refractivity contribution is -0.140. The first-order valence-electron chi connectivity index (χ1n) is 9.41. The first-order valence-corrected chi connectivity index (χ1v) is 9.41. The molecule has 1 rings (SSSR count). The number of hydrogen-bond acceptors (Lipinski definition) is 5. The molecule has 3 N–H and O–H groups in total. The van der Waals surface area contributed by atoms with Crippen LogP contribution in [-0.2, 0) is 20.7 Å². The van der Waals surface area contributed by atoms with Gasteiger partial charge in [0.2, 0.25) is 0 Å². The Morgan fingerprint density at radius 1 is 1.11 bits per heavy atom. The zero-order valence-corrected chi connectivity index (χ0v) is 17.4. The van der Waals surface area contributed by atoms with Crippen molar-refractivity contribution in [3.05, 3.63) is 29.8 Å². The van der Waals surface area contributed by atoms with Gasteiger partial charge in [-0.15, -0.1) is 0 Å². The number of methoxy groups -OCH3 is 1. The molecule has 156 valence electrons. The van der Waals surface area contributed by atoms with Gasteiger partial charge in [0, 0.05) is 18.8 Å². The molecule has 0 bridgehead atoms. The van der Waals surface area contributed by atoms with Crippen molar-refractivity contribution in [1.29, 1.82) is 0 Å². The maximum atomic E-state index is 11.8. The summed E-state index contributed by atoms with van der Waals surface area (Å²) in [5, 5.41) is 9.08. The maximum absolute atomic E-state index is 11.8. The Morgan fingerprint density at radius 2 is 1.79 bits per heavy atom. The highest BCUT2D eigenvalue weighted by Gasteiger charge is 2.16. The Balaban J connectivity index is 2.45. The van der Waals surface area contributed by atoms with Crippen LogP contribution in [0.5, 0.6) is 0 Å². The van der Waals surface area contributed by atoms with Gasteiger partial charge in [-0.25, -0.2) is 4.79 Å². The van der Waals surface area contributed by atoms with Crippen LogP contribution in [0.15, 0.2) is 29.3 Å². The number of amides is 1. The first-order chi connectivity index (χ1) is 13.2. The number of esters is 1. The number of nitrogens with zero attached hydrogens (tertiary/aromatic N) is 1. The average molecular weight is 393 g/mol. The highest BCUT2D eigenvalue weighted by molar-refractivity contribution is 5.84. The lowest BCUT2D eigenvalue weighted by atomic mass is 10.1. The number of hydrogen-bond donors (Lipinski definition) is 3. The lowest BCUT2D eigenvalue weighted by Gasteiger charge is -2.19. The van der Waals surface area contributed by atoms with Crippen LogP contribution < -0.4 is 16.0 Å². The van der Waals surface area contributed by atoms with E-state index >= 15 is 0 Å². The van der Waals surface area contributed by atoms with Crippen LogP contribution in [0, 0.1) is 0 Å². The second-order valence-electron chi connectivity index (χ2n) is 7.09. The molecule has 0 fully saturated rings. The quantitative estimate of drug-likeness (QED) is 0.357. The molecule has 0 saturated carbocycles. The van der Waals surface area contributed by atoms with Gasteiger partial charge >= 0.3 is 12.1 Å². The third-order valence-electron chi connectivity index (χ3n) is 3.46. The second-order valence-corrected chi connectivity index (χ2v) is 7.09. The summed E-state index contributed by atoms with van der Waals surface area (Å²) < 4.78 is 9.84. The van der Waals surface area contributed by atoms with E-state index in [0.29, 0.717) is 24.7 Å². The number of ether oxygens (including phenoxy) is 2. The molecule has 0 aromatic heterocycles. The van der Waals surface area contributed by atoms with Gasteiger partial charge in [0.25, 0.3) is 0 Å². The van der Waals surface area contributed by atoms with Gasteiger partial charge in [-0.3, -0.25) is 15.1 Å². The molecule has 28 heavy (non-hydrogen) atoms. The highest BCUT2D eigenvalue weighted by Crippen LogP contribution is 2.13. The Labute approximate surface area is 167 Å². The molecule has 0 unspecified atom stereocenters. The maximum Gasteiger partial charge on any atom is 0.412 e. The summed E-state index contributed by atoms with van der Waals surface area (Å²) in [5.41, 5.74) is 1.27. The van der Waals surface area contributed by atoms with Gasteiger partial charge in [0.15, 0.2) is 5.96 Å². The van der Waals surface area contributed by atoms with E-state index in [2.05, 4.69) is 25.7 Å².